The van der Waals surface area contributed by atoms with E-state index in [1.807, 2.05) is 0 Å². The molecule has 2 atom stereocenters. The largest absolute Gasteiger partial charge is 0.482 e. The third-order valence-electron chi connectivity index (χ3n) is 3.62. The molecule has 0 bridgehead atoms. The second-order valence-corrected chi connectivity index (χ2v) is 5.25. The minimum absolute atomic E-state index is 0.0856. The molecular formula is C15H20N2O4. The van der Waals surface area contributed by atoms with Crippen molar-refractivity contribution < 1.29 is 19.4 Å². The number of anilines is 1. The Balaban J connectivity index is 1.97. The molecule has 0 spiro atoms. The highest BCUT2D eigenvalue weighted by Gasteiger charge is 2.28. The summed E-state index contributed by atoms with van der Waals surface area (Å²) in [6.45, 7) is -0.412. The van der Waals surface area contributed by atoms with Gasteiger partial charge in [0.25, 0.3) is 0 Å². The normalized spacial score (nSPS) is 21.6. The van der Waals surface area contributed by atoms with Crippen LogP contribution in [0.1, 0.15) is 25.7 Å². The Morgan fingerprint density at radius 2 is 2.10 bits per heavy atom. The van der Waals surface area contributed by atoms with Gasteiger partial charge in [-0.3, -0.25) is 4.79 Å². The van der Waals surface area contributed by atoms with Gasteiger partial charge in [-0.15, -0.1) is 0 Å². The Hall–Kier alpha value is -2.08. The molecule has 0 saturated heterocycles. The summed E-state index contributed by atoms with van der Waals surface area (Å²) >= 11 is 0. The van der Waals surface area contributed by atoms with Gasteiger partial charge < -0.3 is 20.9 Å². The third kappa shape index (κ3) is 4.46. The zero-order valence-corrected chi connectivity index (χ0v) is 11.7. The maximum atomic E-state index is 12.2. The monoisotopic (exact) mass is 292 g/mol. The number of benzene rings is 1. The molecule has 0 aliphatic heterocycles. The van der Waals surface area contributed by atoms with Crippen LogP contribution < -0.4 is 15.8 Å². The molecule has 2 unspecified atom stereocenters. The lowest BCUT2D eigenvalue weighted by molar-refractivity contribution is -0.139. The molecular weight excluding hydrogens is 272 g/mol. The summed E-state index contributed by atoms with van der Waals surface area (Å²) in [7, 11) is 0. The van der Waals surface area contributed by atoms with E-state index in [0.29, 0.717) is 11.4 Å². The van der Waals surface area contributed by atoms with Gasteiger partial charge in [0.05, 0.1) is 5.92 Å². The smallest absolute Gasteiger partial charge is 0.341 e. The van der Waals surface area contributed by atoms with Gasteiger partial charge in [-0.05, 0) is 25.0 Å². The van der Waals surface area contributed by atoms with Crippen LogP contribution in [-0.4, -0.2) is 29.6 Å². The van der Waals surface area contributed by atoms with Gasteiger partial charge in [0.2, 0.25) is 5.91 Å². The van der Waals surface area contributed by atoms with Crippen molar-refractivity contribution in [2.24, 2.45) is 11.7 Å². The summed E-state index contributed by atoms with van der Waals surface area (Å²) in [5, 5.41) is 11.4. The van der Waals surface area contributed by atoms with Crippen LogP contribution in [0.4, 0.5) is 5.69 Å². The summed E-state index contributed by atoms with van der Waals surface area (Å²) in [4.78, 5) is 22.7. The number of carboxylic acid groups (broad SMARTS) is 1. The molecule has 6 nitrogen and oxygen atoms in total. The standard InChI is InChI=1S/C15H20N2O4/c16-13-7-2-1-6-12(13)15(20)17-10-4-3-5-11(8-10)21-9-14(18)19/h3-5,8,12-13H,1-2,6-7,9,16H2,(H,17,20)(H,18,19). The quantitative estimate of drug-likeness (QED) is 0.765. The number of ether oxygens (including phenoxy) is 1. The molecule has 1 aromatic carbocycles. The van der Waals surface area contributed by atoms with Gasteiger partial charge >= 0.3 is 5.97 Å². The average molecular weight is 292 g/mol. The van der Waals surface area contributed by atoms with Crippen LogP contribution in [0, 0.1) is 5.92 Å². The fourth-order valence-electron chi connectivity index (χ4n) is 2.53. The Kier molecular flexibility index (Phi) is 5.16. The van der Waals surface area contributed by atoms with Crippen LogP contribution >= 0.6 is 0 Å². The lowest BCUT2D eigenvalue weighted by Gasteiger charge is -2.27. The molecule has 21 heavy (non-hydrogen) atoms. The van der Waals surface area contributed by atoms with Gasteiger partial charge in [-0.1, -0.05) is 18.9 Å². The summed E-state index contributed by atoms with van der Waals surface area (Å²) in [5.74, 6) is -0.888. The molecule has 6 heteroatoms. The van der Waals surface area contributed by atoms with Crippen molar-refractivity contribution >= 4 is 17.6 Å². The highest BCUT2D eigenvalue weighted by atomic mass is 16.5. The van der Waals surface area contributed by atoms with Gasteiger partial charge in [0.15, 0.2) is 6.61 Å². The van der Waals surface area contributed by atoms with Crippen molar-refractivity contribution in [2.45, 2.75) is 31.7 Å². The lowest BCUT2D eigenvalue weighted by Crippen LogP contribution is -2.40. The Labute approximate surface area is 123 Å². The second kappa shape index (κ2) is 7.08. The molecule has 2 rings (SSSR count). The molecule has 114 valence electrons. The number of nitrogens with two attached hydrogens (primary N) is 1. The number of carbonyl (C=O) groups is 2. The van der Waals surface area contributed by atoms with Crippen molar-refractivity contribution in [2.75, 3.05) is 11.9 Å². The highest BCUT2D eigenvalue weighted by molar-refractivity contribution is 5.93. The number of hydrogen-bond donors (Lipinski definition) is 3. The van der Waals surface area contributed by atoms with Crippen molar-refractivity contribution in [1.82, 2.24) is 0 Å². The fourth-order valence-corrected chi connectivity index (χ4v) is 2.53. The molecule has 1 aliphatic carbocycles. The third-order valence-corrected chi connectivity index (χ3v) is 3.62. The molecule has 1 amide bonds. The first kappa shape index (κ1) is 15.3. The highest BCUT2D eigenvalue weighted by Crippen LogP contribution is 2.25. The van der Waals surface area contributed by atoms with Crippen molar-refractivity contribution in [3.8, 4) is 5.75 Å². The van der Waals surface area contributed by atoms with Gasteiger partial charge in [-0.25, -0.2) is 4.79 Å². The van der Waals surface area contributed by atoms with Crippen molar-refractivity contribution in [3.05, 3.63) is 24.3 Å². The SMILES string of the molecule is NC1CCCCC1C(=O)Nc1cccc(OCC(=O)O)c1. The van der Waals surface area contributed by atoms with E-state index >= 15 is 0 Å². The van der Waals surface area contributed by atoms with Crippen molar-refractivity contribution in [3.63, 3.8) is 0 Å². The van der Waals surface area contributed by atoms with Gasteiger partial charge in [0, 0.05) is 17.8 Å². The summed E-state index contributed by atoms with van der Waals surface area (Å²) < 4.78 is 5.08. The first-order chi connectivity index (χ1) is 10.1. The molecule has 0 aromatic heterocycles. The van der Waals surface area contributed by atoms with E-state index in [-0.39, 0.29) is 17.9 Å². The van der Waals surface area contributed by atoms with E-state index in [4.69, 9.17) is 15.6 Å². The van der Waals surface area contributed by atoms with Crippen LogP contribution in [0.2, 0.25) is 0 Å². The Morgan fingerprint density at radius 1 is 1.33 bits per heavy atom. The maximum absolute atomic E-state index is 12.2. The van der Waals surface area contributed by atoms with E-state index in [0.717, 1.165) is 25.7 Å². The van der Waals surface area contributed by atoms with Crippen LogP contribution in [0.15, 0.2) is 24.3 Å². The average Bonchev–Trinajstić information content (AvgIpc) is 2.46. The number of aliphatic carboxylic acids is 1. The van der Waals surface area contributed by atoms with Gasteiger partial charge in [0.1, 0.15) is 5.75 Å². The summed E-state index contributed by atoms with van der Waals surface area (Å²) in [6.07, 6.45) is 3.78. The first-order valence-corrected chi connectivity index (χ1v) is 7.07. The molecule has 0 heterocycles. The number of amides is 1. The van der Waals surface area contributed by atoms with E-state index in [1.54, 1.807) is 24.3 Å². The molecule has 4 N–H and O–H groups in total. The second-order valence-electron chi connectivity index (χ2n) is 5.25. The van der Waals surface area contributed by atoms with Crippen molar-refractivity contribution in [1.29, 1.82) is 0 Å². The first-order valence-electron chi connectivity index (χ1n) is 7.07. The number of nitrogens with one attached hydrogen (secondary N) is 1. The molecule has 0 radical (unpaired) electrons. The number of hydrogen-bond acceptors (Lipinski definition) is 4. The molecule has 1 aromatic rings. The van der Waals surface area contributed by atoms with Gasteiger partial charge in [-0.2, -0.15) is 0 Å². The predicted octanol–water partition coefficient (Wildman–Crippen LogP) is 1.61. The summed E-state index contributed by atoms with van der Waals surface area (Å²) in [5.41, 5.74) is 6.58. The zero-order valence-electron chi connectivity index (χ0n) is 11.7. The van der Waals surface area contributed by atoms with E-state index < -0.39 is 12.6 Å². The number of carboxylic acids is 1. The lowest BCUT2D eigenvalue weighted by atomic mass is 9.84. The topological polar surface area (TPSA) is 102 Å². The van der Waals surface area contributed by atoms with E-state index in [1.165, 1.54) is 0 Å². The molecule has 1 saturated carbocycles. The minimum atomic E-state index is -1.04. The Morgan fingerprint density at radius 3 is 2.81 bits per heavy atom. The van der Waals surface area contributed by atoms with Crippen LogP contribution in [0.25, 0.3) is 0 Å². The predicted molar refractivity (Wildman–Crippen MR) is 78.1 cm³/mol. The molecule has 1 aliphatic rings. The van der Waals surface area contributed by atoms with Crippen LogP contribution in [-0.2, 0) is 9.59 Å². The van der Waals surface area contributed by atoms with Crippen LogP contribution in [0.5, 0.6) is 5.75 Å². The zero-order chi connectivity index (χ0) is 15.2. The minimum Gasteiger partial charge on any atom is -0.482 e. The summed E-state index contributed by atoms with van der Waals surface area (Å²) in [6, 6.07) is 6.60. The molecule has 1 fully saturated rings. The fraction of sp³-hybridized carbons (Fsp3) is 0.467. The number of carbonyl (C=O) groups excluding carboxylic acids is 1. The maximum Gasteiger partial charge on any atom is 0.341 e. The van der Waals surface area contributed by atoms with E-state index in [2.05, 4.69) is 5.32 Å². The van der Waals surface area contributed by atoms with Crippen LogP contribution in [0.3, 0.4) is 0 Å². The van der Waals surface area contributed by atoms with E-state index in [9.17, 15) is 9.59 Å². The number of rotatable bonds is 5. The Bertz CT molecular complexity index is 518.